The van der Waals surface area contributed by atoms with E-state index in [2.05, 4.69) is 99.9 Å². The SMILES string of the molecule is O=C(CC(CCc1ccccc1)c1cn(Cc2ccccc2)c2ccccc12)NCCc1ccccn1. The second kappa shape index (κ2) is 12.2. The first-order valence-electron chi connectivity index (χ1n) is 13.1. The van der Waals surface area contributed by atoms with E-state index in [0.29, 0.717) is 13.0 Å². The van der Waals surface area contributed by atoms with Crippen LogP contribution in [-0.2, 0) is 24.2 Å². The van der Waals surface area contributed by atoms with Gasteiger partial charge in [-0.3, -0.25) is 9.78 Å². The number of pyridine rings is 1. The lowest BCUT2D eigenvalue weighted by Gasteiger charge is -2.17. The zero-order chi connectivity index (χ0) is 25.3. The zero-order valence-corrected chi connectivity index (χ0v) is 21.1. The number of hydrogen-bond donors (Lipinski definition) is 1. The number of para-hydroxylation sites is 1. The number of carbonyl (C=O) groups is 1. The molecule has 0 fully saturated rings. The molecule has 1 atom stereocenters. The maximum absolute atomic E-state index is 13.1. The number of amides is 1. The number of aryl methyl sites for hydroxylation is 1. The van der Waals surface area contributed by atoms with Crippen LogP contribution in [0.3, 0.4) is 0 Å². The second-order valence-electron chi connectivity index (χ2n) is 9.56. The van der Waals surface area contributed by atoms with Crippen molar-refractivity contribution in [2.45, 2.75) is 38.1 Å². The largest absolute Gasteiger partial charge is 0.356 e. The molecule has 4 nitrogen and oxygen atoms in total. The van der Waals surface area contributed by atoms with Crippen molar-refractivity contribution in [1.29, 1.82) is 0 Å². The van der Waals surface area contributed by atoms with Crippen molar-refractivity contribution in [3.05, 3.63) is 138 Å². The third-order valence-electron chi connectivity index (χ3n) is 6.94. The highest BCUT2D eigenvalue weighted by Crippen LogP contribution is 2.33. The summed E-state index contributed by atoms with van der Waals surface area (Å²) in [5.74, 6) is 0.214. The lowest BCUT2D eigenvalue weighted by molar-refractivity contribution is -0.121. The number of nitrogens with one attached hydrogen (secondary N) is 1. The summed E-state index contributed by atoms with van der Waals surface area (Å²) in [6, 6.07) is 35.6. The van der Waals surface area contributed by atoms with Crippen LogP contribution in [0.1, 0.15) is 41.1 Å². The van der Waals surface area contributed by atoms with Crippen LogP contribution in [0, 0.1) is 0 Å². The first-order chi connectivity index (χ1) is 18.3. The van der Waals surface area contributed by atoms with Crippen LogP contribution in [0.5, 0.6) is 0 Å². The fourth-order valence-corrected chi connectivity index (χ4v) is 5.04. The number of aromatic nitrogens is 2. The Morgan fingerprint density at radius 1 is 0.784 bits per heavy atom. The van der Waals surface area contributed by atoms with Gasteiger partial charge in [0.05, 0.1) is 0 Å². The number of nitrogens with zero attached hydrogens (tertiary/aromatic N) is 2. The summed E-state index contributed by atoms with van der Waals surface area (Å²) in [5, 5.41) is 4.37. The summed E-state index contributed by atoms with van der Waals surface area (Å²) in [6.45, 7) is 1.40. The van der Waals surface area contributed by atoms with Crippen LogP contribution in [0.15, 0.2) is 116 Å². The number of benzene rings is 3. The molecule has 5 aromatic rings. The van der Waals surface area contributed by atoms with Gasteiger partial charge < -0.3 is 9.88 Å². The van der Waals surface area contributed by atoms with Crippen molar-refractivity contribution < 1.29 is 4.79 Å². The van der Waals surface area contributed by atoms with E-state index >= 15 is 0 Å². The topological polar surface area (TPSA) is 46.9 Å². The molecule has 0 bridgehead atoms. The number of rotatable bonds is 11. The van der Waals surface area contributed by atoms with E-state index < -0.39 is 0 Å². The Bertz CT molecular complexity index is 1410. The van der Waals surface area contributed by atoms with Gasteiger partial charge in [0.2, 0.25) is 5.91 Å². The molecule has 4 heteroatoms. The van der Waals surface area contributed by atoms with E-state index in [0.717, 1.165) is 31.5 Å². The van der Waals surface area contributed by atoms with Crippen LogP contribution in [0.25, 0.3) is 10.9 Å². The normalized spacial score (nSPS) is 11.9. The van der Waals surface area contributed by atoms with Crippen molar-refractivity contribution in [3.8, 4) is 0 Å². The molecule has 0 saturated carbocycles. The predicted molar refractivity (Wildman–Crippen MR) is 151 cm³/mol. The van der Waals surface area contributed by atoms with E-state index in [1.807, 2.05) is 24.3 Å². The van der Waals surface area contributed by atoms with Gasteiger partial charge in [-0.1, -0.05) is 84.9 Å². The van der Waals surface area contributed by atoms with Gasteiger partial charge in [0.15, 0.2) is 0 Å². The second-order valence-corrected chi connectivity index (χ2v) is 9.56. The lowest BCUT2D eigenvalue weighted by atomic mass is 9.89. The van der Waals surface area contributed by atoms with Gasteiger partial charge in [0.1, 0.15) is 0 Å². The van der Waals surface area contributed by atoms with Crippen LogP contribution < -0.4 is 5.32 Å². The molecule has 0 aliphatic carbocycles. The zero-order valence-electron chi connectivity index (χ0n) is 21.1. The van der Waals surface area contributed by atoms with Gasteiger partial charge in [-0.2, -0.15) is 0 Å². The third-order valence-corrected chi connectivity index (χ3v) is 6.94. The molecule has 0 aliphatic rings. The Morgan fingerprint density at radius 2 is 1.49 bits per heavy atom. The summed E-state index contributed by atoms with van der Waals surface area (Å²) in [7, 11) is 0. The highest BCUT2D eigenvalue weighted by Gasteiger charge is 2.21. The van der Waals surface area contributed by atoms with Crippen LogP contribution in [0.4, 0.5) is 0 Å². The van der Waals surface area contributed by atoms with Crippen LogP contribution in [0.2, 0.25) is 0 Å². The Morgan fingerprint density at radius 3 is 2.24 bits per heavy atom. The maximum Gasteiger partial charge on any atom is 0.220 e. The molecule has 3 aromatic carbocycles. The Kier molecular flexibility index (Phi) is 8.07. The van der Waals surface area contributed by atoms with E-state index in [4.69, 9.17) is 0 Å². The number of fused-ring (bicyclic) bond motifs is 1. The average Bonchev–Trinajstić information content (AvgIpc) is 3.31. The Hall–Kier alpha value is -4.18. The lowest BCUT2D eigenvalue weighted by Crippen LogP contribution is -2.27. The number of carbonyl (C=O) groups excluding carboxylic acids is 1. The van der Waals surface area contributed by atoms with Crippen molar-refractivity contribution in [2.75, 3.05) is 6.54 Å². The van der Waals surface area contributed by atoms with Gasteiger partial charge in [-0.15, -0.1) is 0 Å². The molecule has 1 unspecified atom stereocenters. The summed E-state index contributed by atoms with van der Waals surface area (Å²) in [4.78, 5) is 17.5. The van der Waals surface area contributed by atoms with E-state index in [-0.39, 0.29) is 11.8 Å². The van der Waals surface area contributed by atoms with Gasteiger partial charge in [0, 0.05) is 54.9 Å². The summed E-state index contributed by atoms with van der Waals surface area (Å²) < 4.78 is 2.33. The molecule has 0 saturated heterocycles. The fraction of sp³-hybridized carbons (Fsp3) is 0.212. The smallest absolute Gasteiger partial charge is 0.220 e. The fourth-order valence-electron chi connectivity index (χ4n) is 5.04. The van der Waals surface area contributed by atoms with Crippen LogP contribution >= 0.6 is 0 Å². The third kappa shape index (κ3) is 6.53. The molecule has 0 radical (unpaired) electrons. The molecule has 2 aromatic heterocycles. The first kappa shape index (κ1) is 24.5. The molecule has 37 heavy (non-hydrogen) atoms. The molecule has 1 amide bonds. The Balaban J connectivity index is 1.37. The highest BCUT2D eigenvalue weighted by atomic mass is 16.1. The van der Waals surface area contributed by atoms with Gasteiger partial charge in [0.25, 0.3) is 0 Å². The predicted octanol–water partition coefficient (Wildman–Crippen LogP) is 6.55. The minimum atomic E-state index is 0.0916. The van der Waals surface area contributed by atoms with Crippen molar-refractivity contribution in [1.82, 2.24) is 14.9 Å². The number of hydrogen-bond acceptors (Lipinski definition) is 2. The average molecular weight is 488 g/mol. The van der Waals surface area contributed by atoms with Crippen molar-refractivity contribution in [2.24, 2.45) is 0 Å². The summed E-state index contributed by atoms with van der Waals surface area (Å²) in [5.41, 5.74) is 6.02. The first-order valence-corrected chi connectivity index (χ1v) is 13.1. The minimum absolute atomic E-state index is 0.0916. The van der Waals surface area contributed by atoms with Gasteiger partial charge in [-0.25, -0.2) is 0 Å². The van der Waals surface area contributed by atoms with Crippen molar-refractivity contribution in [3.63, 3.8) is 0 Å². The quantitative estimate of drug-likeness (QED) is 0.230. The van der Waals surface area contributed by atoms with E-state index in [1.165, 1.54) is 27.6 Å². The van der Waals surface area contributed by atoms with Gasteiger partial charge >= 0.3 is 0 Å². The van der Waals surface area contributed by atoms with Crippen molar-refractivity contribution >= 4 is 16.8 Å². The minimum Gasteiger partial charge on any atom is -0.356 e. The maximum atomic E-state index is 13.1. The molecule has 0 aliphatic heterocycles. The molecule has 0 spiro atoms. The highest BCUT2D eigenvalue weighted by molar-refractivity contribution is 5.86. The van der Waals surface area contributed by atoms with E-state index in [1.54, 1.807) is 6.20 Å². The summed E-state index contributed by atoms with van der Waals surface area (Å²) >= 11 is 0. The molecule has 2 heterocycles. The van der Waals surface area contributed by atoms with Gasteiger partial charge in [-0.05, 0) is 53.6 Å². The molecular weight excluding hydrogens is 454 g/mol. The molecule has 186 valence electrons. The Labute approximate surface area is 219 Å². The molecule has 1 N–H and O–H groups in total. The molecular formula is C33H33N3O. The standard InChI is InChI=1S/C33H33N3O/c37-33(35-22-20-29-15-9-10-21-34-29)23-28(19-18-26-11-3-1-4-12-26)31-25-36(24-27-13-5-2-6-14-27)32-17-8-7-16-30(31)32/h1-17,21,25,28H,18-20,22-24H2,(H,35,37). The van der Waals surface area contributed by atoms with E-state index in [9.17, 15) is 4.79 Å². The monoisotopic (exact) mass is 487 g/mol. The summed E-state index contributed by atoms with van der Waals surface area (Å²) in [6.07, 6.45) is 7.12. The molecule has 5 rings (SSSR count). The van der Waals surface area contributed by atoms with Crippen LogP contribution in [-0.4, -0.2) is 22.0 Å².